The van der Waals surface area contributed by atoms with E-state index < -0.39 is 0 Å². The van der Waals surface area contributed by atoms with Gasteiger partial charge < -0.3 is 10.2 Å². The van der Waals surface area contributed by atoms with Gasteiger partial charge in [0.25, 0.3) is 0 Å². The molecule has 0 spiro atoms. The molecule has 1 saturated heterocycles. The third-order valence-electron chi connectivity index (χ3n) is 4.13. The van der Waals surface area contributed by atoms with Gasteiger partial charge in [-0.15, -0.1) is 0 Å². The number of nitrogens with zero attached hydrogens (tertiary/aromatic N) is 2. The lowest BCUT2D eigenvalue weighted by Gasteiger charge is -2.34. The van der Waals surface area contributed by atoms with Crippen LogP contribution >= 0.6 is 0 Å². The van der Waals surface area contributed by atoms with Gasteiger partial charge in [-0.2, -0.15) is 0 Å². The van der Waals surface area contributed by atoms with E-state index in [1.807, 2.05) is 0 Å². The van der Waals surface area contributed by atoms with Crippen LogP contribution in [0.2, 0.25) is 0 Å². The SMILES string of the molecule is C(CNC1CC1)CN1CCN(C2CC2)CC1. The van der Waals surface area contributed by atoms with Crippen LogP contribution in [0.25, 0.3) is 0 Å². The van der Waals surface area contributed by atoms with E-state index in [1.54, 1.807) is 0 Å². The molecule has 1 aliphatic heterocycles. The average Bonchev–Trinajstić information content (AvgIpc) is 3.18. The predicted octanol–water partition coefficient (Wildman–Crippen LogP) is 0.908. The predicted molar refractivity (Wildman–Crippen MR) is 66.7 cm³/mol. The Morgan fingerprint density at radius 1 is 0.938 bits per heavy atom. The van der Waals surface area contributed by atoms with E-state index in [0.717, 1.165) is 12.1 Å². The maximum Gasteiger partial charge on any atom is 0.0113 e. The summed E-state index contributed by atoms with van der Waals surface area (Å²) in [4.78, 5) is 5.34. The number of piperazine rings is 1. The van der Waals surface area contributed by atoms with Gasteiger partial charge in [0.2, 0.25) is 0 Å². The minimum Gasteiger partial charge on any atom is -0.314 e. The molecule has 0 aromatic heterocycles. The highest BCUT2D eigenvalue weighted by molar-refractivity contribution is 4.87. The van der Waals surface area contributed by atoms with Gasteiger partial charge in [-0.05, 0) is 45.2 Å². The molecule has 1 heterocycles. The van der Waals surface area contributed by atoms with E-state index in [1.165, 1.54) is 71.4 Å². The lowest BCUT2D eigenvalue weighted by molar-refractivity contribution is 0.125. The first kappa shape index (κ1) is 11.0. The number of nitrogens with one attached hydrogen (secondary N) is 1. The van der Waals surface area contributed by atoms with Crippen molar-refractivity contribution in [2.75, 3.05) is 39.3 Å². The quantitative estimate of drug-likeness (QED) is 0.675. The van der Waals surface area contributed by atoms with Crippen molar-refractivity contribution in [3.63, 3.8) is 0 Å². The molecular formula is C13H25N3. The summed E-state index contributed by atoms with van der Waals surface area (Å²) in [5, 5.41) is 3.60. The van der Waals surface area contributed by atoms with Crippen LogP contribution in [-0.4, -0.2) is 61.2 Å². The summed E-state index contributed by atoms with van der Waals surface area (Å²) >= 11 is 0. The Morgan fingerprint density at radius 3 is 2.31 bits per heavy atom. The molecule has 0 aromatic rings. The second-order valence-corrected chi connectivity index (χ2v) is 5.69. The van der Waals surface area contributed by atoms with Crippen molar-refractivity contribution in [1.82, 2.24) is 15.1 Å². The largest absolute Gasteiger partial charge is 0.314 e. The van der Waals surface area contributed by atoms with Crippen molar-refractivity contribution in [2.24, 2.45) is 0 Å². The van der Waals surface area contributed by atoms with Crippen molar-refractivity contribution < 1.29 is 0 Å². The average molecular weight is 223 g/mol. The van der Waals surface area contributed by atoms with Crippen LogP contribution < -0.4 is 5.32 Å². The molecule has 3 rings (SSSR count). The molecule has 3 nitrogen and oxygen atoms in total. The fraction of sp³-hybridized carbons (Fsp3) is 1.00. The lowest BCUT2D eigenvalue weighted by atomic mass is 10.3. The second-order valence-electron chi connectivity index (χ2n) is 5.69. The standard InChI is InChI=1S/C13H25N3/c1(6-14-12-2-3-12)7-15-8-10-16(11-9-15)13-4-5-13/h12-14H,1-11H2. The van der Waals surface area contributed by atoms with Crippen LogP contribution in [0.5, 0.6) is 0 Å². The summed E-state index contributed by atoms with van der Waals surface area (Å²) in [5.41, 5.74) is 0. The smallest absolute Gasteiger partial charge is 0.0113 e. The third kappa shape index (κ3) is 3.19. The van der Waals surface area contributed by atoms with Crippen LogP contribution in [-0.2, 0) is 0 Å². The molecule has 92 valence electrons. The number of hydrogen-bond donors (Lipinski definition) is 1. The van der Waals surface area contributed by atoms with Crippen molar-refractivity contribution >= 4 is 0 Å². The Balaban J connectivity index is 1.25. The molecule has 1 N–H and O–H groups in total. The van der Waals surface area contributed by atoms with E-state index in [0.29, 0.717) is 0 Å². The summed E-state index contributed by atoms with van der Waals surface area (Å²) in [6, 6.07) is 1.85. The fourth-order valence-electron chi connectivity index (χ4n) is 2.69. The van der Waals surface area contributed by atoms with Crippen LogP contribution in [0.4, 0.5) is 0 Å². The minimum atomic E-state index is 0.881. The number of hydrogen-bond acceptors (Lipinski definition) is 3. The normalized spacial score (nSPS) is 28.5. The maximum absolute atomic E-state index is 3.60. The number of rotatable bonds is 6. The van der Waals surface area contributed by atoms with Crippen LogP contribution in [0.3, 0.4) is 0 Å². The van der Waals surface area contributed by atoms with E-state index in [2.05, 4.69) is 15.1 Å². The summed E-state index contributed by atoms with van der Waals surface area (Å²) in [7, 11) is 0. The molecule has 2 aliphatic carbocycles. The highest BCUT2D eigenvalue weighted by Crippen LogP contribution is 2.27. The van der Waals surface area contributed by atoms with Gasteiger partial charge in [-0.25, -0.2) is 0 Å². The Labute approximate surface area is 99.2 Å². The van der Waals surface area contributed by atoms with Crippen molar-refractivity contribution in [3.05, 3.63) is 0 Å². The van der Waals surface area contributed by atoms with Gasteiger partial charge >= 0.3 is 0 Å². The van der Waals surface area contributed by atoms with E-state index >= 15 is 0 Å². The maximum atomic E-state index is 3.60. The summed E-state index contributed by atoms with van der Waals surface area (Å²) in [5.74, 6) is 0. The topological polar surface area (TPSA) is 18.5 Å². The van der Waals surface area contributed by atoms with Crippen LogP contribution in [0, 0.1) is 0 Å². The van der Waals surface area contributed by atoms with Crippen LogP contribution in [0.1, 0.15) is 32.1 Å². The third-order valence-corrected chi connectivity index (χ3v) is 4.13. The summed E-state index contributed by atoms with van der Waals surface area (Å²) in [6.07, 6.45) is 7.09. The molecule has 0 unspecified atom stereocenters. The Hall–Kier alpha value is -0.120. The molecule has 0 amide bonds. The summed E-state index contributed by atoms with van der Waals surface area (Å²) in [6.45, 7) is 7.78. The van der Waals surface area contributed by atoms with Crippen molar-refractivity contribution in [2.45, 2.75) is 44.2 Å². The highest BCUT2D eigenvalue weighted by atomic mass is 15.3. The monoisotopic (exact) mass is 223 g/mol. The lowest BCUT2D eigenvalue weighted by Crippen LogP contribution is -2.47. The summed E-state index contributed by atoms with van der Waals surface area (Å²) < 4.78 is 0. The zero-order valence-corrected chi connectivity index (χ0v) is 10.3. The Morgan fingerprint density at radius 2 is 1.69 bits per heavy atom. The minimum absolute atomic E-state index is 0.881. The second kappa shape index (κ2) is 5.03. The Bertz CT molecular complexity index is 215. The molecule has 2 saturated carbocycles. The first-order valence-corrected chi connectivity index (χ1v) is 7.11. The van der Waals surface area contributed by atoms with Crippen LogP contribution in [0.15, 0.2) is 0 Å². The first-order valence-electron chi connectivity index (χ1n) is 7.11. The molecule has 3 aliphatic rings. The first-order chi connectivity index (χ1) is 7.92. The highest BCUT2D eigenvalue weighted by Gasteiger charge is 2.30. The van der Waals surface area contributed by atoms with Gasteiger partial charge in [-0.1, -0.05) is 0 Å². The molecule has 0 bridgehead atoms. The van der Waals surface area contributed by atoms with Gasteiger partial charge in [0.1, 0.15) is 0 Å². The molecular weight excluding hydrogens is 198 g/mol. The molecule has 3 fully saturated rings. The molecule has 0 atom stereocenters. The molecule has 3 heteroatoms. The van der Waals surface area contributed by atoms with Gasteiger partial charge in [0.15, 0.2) is 0 Å². The van der Waals surface area contributed by atoms with Gasteiger partial charge in [0, 0.05) is 38.3 Å². The van der Waals surface area contributed by atoms with Crippen molar-refractivity contribution in [1.29, 1.82) is 0 Å². The molecule has 16 heavy (non-hydrogen) atoms. The zero-order chi connectivity index (χ0) is 10.8. The van der Waals surface area contributed by atoms with E-state index in [4.69, 9.17) is 0 Å². The van der Waals surface area contributed by atoms with Gasteiger partial charge in [0.05, 0.1) is 0 Å². The fourth-order valence-corrected chi connectivity index (χ4v) is 2.69. The van der Waals surface area contributed by atoms with Gasteiger partial charge in [-0.3, -0.25) is 4.90 Å². The molecule has 0 aromatic carbocycles. The van der Waals surface area contributed by atoms with E-state index in [9.17, 15) is 0 Å². The van der Waals surface area contributed by atoms with E-state index in [-0.39, 0.29) is 0 Å². The molecule has 0 radical (unpaired) electrons. The van der Waals surface area contributed by atoms with Crippen molar-refractivity contribution in [3.8, 4) is 0 Å². The Kier molecular flexibility index (Phi) is 3.46. The zero-order valence-electron chi connectivity index (χ0n) is 10.3.